The molecule has 2 rings (SSSR count). The maximum atomic E-state index is 12.0. The summed E-state index contributed by atoms with van der Waals surface area (Å²) in [5.41, 5.74) is 0.801. The maximum absolute atomic E-state index is 12.0. The van der Waals surface area contributed by atoms with E-state index in [4.69, 9.17) is 14.2 Å². The van der Waals surface area contributed by atoms with Crippen molar-refractivity contribution < 1.29 is 19.0 Å². The SMILES string of the molecule is COC=C(C(=O)OC)c1ccccc1Oc1cc(SC)ncn1. The monoisotopic (exact) mass is 332 g/mol. The molecule has 1 heterocycles. The minimum Gasteiger partial charge on any atom is -0.503 e. The van der Waals surface area contributed by atoms with Gasteiger partial charge in [-0.2, -0.15) is 0 Å². The predicted octanol–water partition coefficient (Wildman–Crippen LogP) is 3.15. The van der Waals surface area contributed by atoms with E-state index >= 15 is 0 Å². The van der Waals surface area contributed by atoms with Gasteiger partial charge in [0.05, 0.1) is 20.5 Å². The number of hydrogen-bond acceptors (Lipinski definition) is 7. The van der Waals surface area contributed by atoms with Crippen LogP contribution in [0.2, 0.25) is 0 Å². The van der Waals surface area contributed by atoms with E-state index in [-0.39, 0.29) is 5.57 Å². The highest BCUT2D eigenvalue weighted by Gasteiger charge is 2.18. The Hall–Kier alpha value is -2.54. The highest BCUT2D eigenvalue weighted by molar-refractivity contribution is 7.98. The summed E-state index contributed by atoms with van der Waals surface area (Å²) >= 11 is 1.48. The number of thioether (sulfide) groups is 1. The van der Waals surface area contributed by atoms with Gasteiger partial charge in [-0.15, -0.1) is 11.8 Å². The van der Waals surface area contributed by atoms with E-state index in [0.29, 0.717) is 17.2 Å². The van der Waals surface area contributed by atoms with Crippen LogP contribution in [0.15, 0.2) is 47.9 Å². The Balaban J connectivity index is 2.40. The number of rotatable bonds is 6. The van der Waals surface area contributed by atoms with Gasteiger partial charge in [0.1, 0.15) is 22.7 Å². The summed E-state index contributed by atoms with van der Waals surface area (Å²) in [7, 11) is 2.77. The third-order valence-corrected chi connectivity index (χ3v) is 3.50. The van der Waals surface area contributed by atoms with Crippen molar-refractivity contribution in [3.8, 4) is 11.6 Å². The maximum Gasteiger partial charge on any atom is 0.341 e. The molecule has 0 radical (unpaired) electrons. The zero-order valence-electron chi connectivity index (χ0n) is 13.0. The van der Waals surface area contributed by atoms with Crippen molar-refractivity contribution in [3.05, 3.63) is 48.5 Å². The number of ether oxygens (including phenoxy) is 3. The average molecular weight is 332 g/mol. The lowest BCUT2D eigenvalue weighted by atomic mass is 10.1. The van der Waals surface area contributed by atoms with Crippen LogP contribution < -0.4 is 4.74 Å². The summed E-state index contributed by atoms with van der Waals surface area (Å²) in [6, 6.07) is 8.80. The van der Waals surface area contributed by atoms with Crippen molar-refractivity contribution in [3.63, 3.8) is 0 Å². The molecule has 7 heteroatoms. The first-order chi connectivity index (χ1) is 11.2. The fourth-order valence-electron chi connectivity index (χ4n) is 1.83. The standard InChI is InChI=1S/C16H16N2O4S/c1-20-9-12(16(19)21-2)11-6-4-5-7-13(11)22-14-8-15(23-3)18-10-17-14/h4-10H,1-3H3. The van der Waals surface area contributed by atoms with E-state index in [0.717, 1.165) is 5.03 Å². The van der Waals surface area contributed by atoms with E-state index in [2.05, 4.69) is 9.97 Å². The zero-order chi connectivity index (χ0) is 16.7. The molecule has 0 aliphatic rings. The van der Waals surface area contributed by atoms with Crippen LogP contribution in [0.1, 0.15) is 5.56 Å². The molecule has 0 fully saturated rings. The molecule has 1 aromatic carbocycles. The van der Waals surface area contributed by atoms with Crippen LogP contribution in [-0.4, -0.2) is 36.4 Å². The fourth-order valence-corrected chi connectivity index (χ4v) is 2.20. The van der Waals surface area contributed by atoms with Crippen molar-refractivity contribution in [2.45, 2.75) is 5.03 Å². The molecule has 0 atom stereocenters. The Morgan fingerprint density at radius 2 is 2.00 bits per heavy atom. The van der Waals surface area contributed by atoms with Gasteiger partial charge in [-0.1, -0.05) is 18.2 Å². The van der Waals surface area contributed by atoms with Gasteiger partial charge in [-0.25, -0.2) is 14.8 Å². The van der Waals surface area contributed by atoms with Crippen LogP contribution in [0.4, 0.5) is 0 Å². The fraction of sp³-hybridized carbons (Fsp3) is 0.188. The molecule has 0 aliphatic carbocycles. The Bertz CT molecular complexity index is 719. The summed E-state index contributed by atoms with van der Waals surface area (Å²) in [5.74, 6) is 0.334. The largest absolute Gasteiger partial charge is 0.503 e. The number of methoxy groups -OCH3 is 2. The number of carbonyl (C=O) groups excluding carboxylic acids is 1. The van der Waals surface area contributed by atoms with E-state index in [1.54, 1.807) is 30.3 Å². The topological polar surface area (TPSA) is 70.5 Å². The lowest BCUT2D eigenvalue weighted by molar-refractivity contribution is -0.133. The van der Waals surface area contributed by atoms with Crippen LogP contribution >= 0.6 is 11.8 Å². The lowest BCUT2D eigenvalue weighted by Gasteiger charge is -2.12. The molecule has 0 unspecified atom stereocenters. The number of aromatic nitrogens is 2. The first-order valence-electron chi connectivity index (χ1n) is 6.64. The van der Waals surface area contributed by atoms with E-state index in [9.17, 15) is 4.79 Å². The second kappa shape index (κ2) is 8.19. The molecule has 0 N–H and O–H groups in total. The van der Waals surface area contributed by atoms with E-state index in [1.807, 2.05) is 6.26 Å². The normalized spacial score (nSPS) is 11.0. The van der Waals surface area contributed by atoms with Gasteiger partial charge in [0, 0.05) is 11.6 Å². The average Bonchev–Trinajstić information content (AvgIpc) is 2.60. The van der Waals surface area contributed by atoms with Gasteiger partial charge < -0.3 is 14.2 Å². The predicted molar refractivity (Wildman–Crippen MR) is 87.3 cm³/mol. The molecule has 1 aromatic heterocycles. The van der Waals surface area contributed by atoms with Gasteiger partial charge in [-0.3, -0.25) is 0 Å². The second-order valence-electron chi connectivity index (χ2n) is 4.26. The minimum absolute atomic E-state index is 0.254. The Kier molecular flexibility index (Phi) is 5.99. The highest BCUT2D eigenvalue weighted by atomic mass is 32.2. The smallest absolute Gasteiger partial charge is 0.341 e. The molecule has 120 valence electrons. The summed E-state index contributed by atoms with van der Waals surface area (Å²) in [4.78, 5) is 20.1. The third-order valence-electron chi connectivity index (χ3n) is 2.86. The van der Waals surface area contributed by atoms with Crippen molar-refractivity contribution in [1.29, 1.82) is 0 Å². The summed E-state index contributed by atoms with van der Waals surface area (Å²) in [5, 5.41) is 0.785. The lowest BCUT2D eigenvalue weighted by Crippen LogP contribution is -2.06. The summed E-state index contributed by atoms with van der Waals surface area (Å²) < 4.78 is 15.6. The van der Waals surface area contributed by atoms with Gasteiger partial charge in [0.15, 0.2) is 0 Å². The van der Waals surface area contributed by atoms with Crippen molar-refractivity contribution in [1.82, 2.24) is 9.97 Å². The van der Waals surface area contributed by atoms with Crippen molar-refractivity contribution >= 4 is 23.3 Å². The van der Waals surface area contributed by atoms with Crippen LogP contribution in [0, 0.1) is 0 Å². The highest BCUT2D eigenvalue weighted by Crippen LogP contribution is 2.30. The molecule has 0 saturated heterocycles. The number of hydrogen-bond donors (Lipinski definition) is 0. The van der Waals surface area contributed by atoms with E-state index in [1.165, 1.54) is 38.6 Å². The number of carbonyl (C=O) groups is 1. The molecular formula is C16H16N2O4S. The van der Waals surface area contributed by atoms with Gasteiger partial charge in [0.2, 0.25) is 5.88 Å². The molecule has 0 aliphatic heterocycles. The number of esters is 1. The van der Waals surface area contributed by atoms with Crippen molar-refractivity contribution in [2.24, 2.45) is 0 Å². The molecule has 2 aromatic rings. The van der Waals surface area contributed by atoms with Crippen LogP contribution in [0.5, 0.6) is 11.6 Å². The first-order valence-corrected chi connectivity index (χ1v) is 7.86. The molecular weight excluding hydrogens is 316 g/mol. The third kappa shape index (κ3) is 4.23. The van der Waals surface area contributed by atoms with Gasteiger partial charge in [0.25, 0.3) is 0 Å². The van der Waals surface area contributed by atoms with Crippen molar-refractivity contribution in [2.75, 3.05) is 20.5 Å². The van der Waals surface area contributed by atoms with Crippen LogP contribution in [-0.2, 0) is 14.3 Å². The Morgan fingerprint density at radius 1 is 1.22 bits per heavy atom. The quantitative estimate of drug-likeness (QED) is 0.264. The first kappa shape index (κ1) is 16.8. The number of para-hydroxylation sites is 1. The number of nitrogens with zero attached hydrogens (tertiary/aromatic N) is 2. The van der Waals surface area contributed by atoms with Gasteiger partial charge in [-0.05, 0) is 12.3 Å². The molecule has 0 bridgehead atoms. The minimum atomic E-state index is -0.518. The Labute approximate surface area is 138 Å². The van der Waals surface area contributed by atoms with Gasteiger partial charge >= 0.3 is 5.97 Å². The number of benzene rings is 1. The second-order valence-corrected chi connectivity index (χ2v) is 5.08. The summed E-state index contributed by atoms with van der Waals surface area (Å²) in [6.45, 7) is 0. The Morgan fingerprint density at radius 3 is 2.70 bits per heavy atom. The summed E-state index contributed by atoms with van der Waals surface area (Å²) in [6.07, 6.45) is 4.66. The molecule has 0 amide bonds. The zero-order valence-corrected chi connectivity index (χ0v) is 13.8. The molecule has 0 spiro atoms. The molecule has 6 nitrogen and oxygen atoms in total. The van der Waals surface area contributed by atoms with Crippen LogP contribution in [0.3, 0.4) is 0 Å². The molecule has 0 saturated carbocycles. The molecule has 23 heavy (non-hydrogen) atoms. The van der Waals surface area contributed by atoms with Crippen LogP contribution in [0.25, 0.3) is 5.57 Å². The van der Waals surface area contributed by atoms with E-state index < -0.39 is 5.97 Å².